The molecule has 0 spiro atoms. The minimum absolute atomic E-state index is 0.106. The van der Waals surface area contributed by atoms with Crippen LogP contribution in [0.1, 0.15) is 49.9 Å². The maximum atomic E-state index is 2.43. The molecule has 0 amide bonds. The quantitative estimate of drug-likeness (QED) is 0.195. The van der Waals surface area contributed by atoms with Crippen molar-refractivity contribution in [2.45, 2.75) is 38.5 Å². The molecule has 0 atom stereocenters. The van der Waals surface area contributed by atoms with Gasteiger partial charge in [-0.3, -0.25) is 0 Å². The summed E-state index contributed by atoms with van der Waals surface area (Å²) in [5.74, 6) is 0. The molecule has 4 heteroatoms. The minimum Gasteiger partial charge on any atom is -0.378 e. The number of benzene rings is 3. The van der Waals surface area contributed by atoms with Crippen molar-refractivity contribution in [3.63, 3.8) is 0 Å². The molecule has 0 aromatic heterocycles. The fourth-order valence-electron chi connectivity index (χ4n) is 6.54. The molecule has 5 rings (SSSR count). The second kappa shape index (κ2) is 11.9. The minimum atomic E-state index is -0.106. The Morgan fingerprint density at radius 2 is 0.818 bits per heavy atom. The van der Waals surface area contributed by atoms with E-state index in [1.807, 2.05) is 0 Å². The lowest BCUT2D eigenvalue weighted by Gasteiger charge is -2.17. The number of allylic oxidation sites excluding steroid dienone is 6. The molecule has 2 heterocycles. The van der Waals surface area contributed by atoms with Gasteiger partial charge in [-0.25, -0.2) is 0 Å². The van der Waals surface area contributed by atoms with Crippen LogP contribution in [0.25, 0.3) is 12.2 Å². The topological polar surface area (TPSA) is 12.5 Å². The number of nitrogens with zero attached hydrogens (tertiary/aromatic N) is 4. The SMILES string of the molecule is CN(C)c1ccc(C=CC=CC2=[N+](C)c3cc4c(cc3C2(C)C)[N+](C)=C(C=CC=Cc2ccc(N(C)C)cc2)C4(C)C)cc1. The Balaban J connectivity index is 1.37. The zero-order valence-electron chi connectivity index (χ0n) is 28.2. The molecule has 3 aromatic rings. The third-order valence-corrected chi connectivity index (χ3v) is 9.31. The van der Waals surface area contributed by atoms with Gasteiger partial charge < -0.3 is 9.80 Å². The van der Waals surface area contributed by atoms with E-state index in [0.29, 0.717) is 0 Å². The van der Waals surface area contributed by atoms with Gasteiger partial charge in [0.2, 0.25) is 11.4 Å². The highest BCUT2D eigenvalue weighted by atomic mass is 15.1. The maximum absolute atomic E-state index is 2.43. The molecule has 2 aliphatic rings. The molecule has 0 saturated heterocycles. The van der Waals surface area contributed by atoms with Gasteiger partial charge in [0.1, 0.15) is 14.1 Å². The van der Waals surface area contributed by atoms with E-state index in [4.69, 9.17) is 0 Å². The summed E-state index contributed by atoms with van der Waals surface area (Å²) in [5, 5.41) is 0. The summed E-state index contributed by atoms with van der Waals surface area (Å²) in [7, 11) is 12.7. The first kappa shape index (κ1) is 31.0. The van der Waals surface area contributed by atoms with Crippen molar-refractivity contribution in [2.24, 2.45) is 0 Å². The summed E-state index contributed by atoms with van der Waals surface area (Å²) < 4.78 is 4.75. The van der Waals surface area contributed by atoms with Gasteiger partial charge in [-0.2, -0.15) is 9.15 Å². The average Bonchev–Trinajstić information content (AvgIpc) is 3.29. The largest absolute Gasteiger partial charge is 0.378 e. The molecule has 0 saturated carbocycles. The molecule has 2 aliphatic heterocycles. The fraction of sp³-hybridized carbons (Fsp3) is 0.300. The van der Waals surface area contributed by atoms with E-state index in [-0.39, 0.29) is 10.8 Å². The Hall–Kier alpha value is -4.44. The summed E-state index contributed by atoms with van der Waals surface area (Å²) in [6, 6.07) is 22.1. The van der Waals surface area contributed by atoms with Crippen LogP contribution < -0.4 is 9.80 Å². The molecule has 4 nitrogen and oxygen atoms in total. The summed E-state index contributed by atoms with van der Waals surface area (Å²) in [6.07, 6.45) is 17.5. The molecular formula is C40H48N4+2. The highest BCUT2D eigenvalue weighted by molar-refractivity contribution is 6.06. The lowest BCUT2D eigenvalue weighted by atomic mass is 9.77. The first-order valence-electron chi connectivity index (χ1n) is 15.5. The number of hydrogen-bond acceptors (Lipinski definition) is 2. The molecule has 3 aromatic carbocycles. The first-order valence-corrected chi connectivity index (χ1v) is 15.5. The number of fused-ring (bicyclic) bond motifs is 2. The molecule has 0 radical (unpaired) electrons. The van der Waals surface area contributed by atoms with Gasteiger partial charge in [-0.1, -0.05) is 60.7 Å². The van der Waals surface area contributed by atoms with Gasteiger partial charge in [0.15, 0.2) is 11.4 Å². The summed E-state index contributed by atoms with van der Waals surface area (Å²) in [4.78, 5) is 4.24. The monoisotopic (exact) mass is 584 g/mol. The van der Waals surface area contributed by atoms with Gasteiger partial charge in [0.25, 0.3) is 0 Å². The maximum Gasteiger partial charge on any atom is 0.210 e. The summed E-state index contributed by atoms with van der Waals surface area (Å²) in [5.41, 5.74) is 12.5. The van der Waals surface area contributed by atoms with Crippen molar-refractivity contribution in [1.82, 2.24) is 0 Å². The molecule has 0 unspecified atom stereocenters. The lowest BCUT2D eigenvalue weighted by Crippen LogP contribution is -2.26. The smallest absolute Gasteiger partial charge is 0.210 e. The molecule has 0 fully saturated rings. The van der Waals surface area contributed by atoms with Crippen molar-refractivity contribution >= 4 is 46.3 Å². The van der Waals surface area contributed by atoms with E-state index in [0.717, 1.165) is 0 Å². The van der Waals surface area contributed by atoms with Crippen molar-refractivity contribution in [2.75, 3.05) is 52.1 Å². The Kier molecular flexibility index (Phi) is 8.40. The Morgan fingerprint density at radius 1 is 0.500 bits per heavy atom. The van der Waals surface area contributed by atoms with Crippen LogP contribution in [0.4, 0.5) is 22.7 Å². The average molecular weight is 585 g/mol. The lowest BCUT2D eigenvalue weighted by molar-refractivity contribution is -0.404. The van der Waals surface area contributed by atoms with E-state index in [9.17, 15) is 0 Å². The van der Waals surface area contributed by atoms with Crippen LogP contribution in [0.15, 0.2) is 97.1 Å². The van der Waals surface area contributed by atoms with E-state index in [2.05, 4.69) is 198 Å². The standard InChI is InChI=1S/C40H48N4/c1-39(2)33-27-36-34(28-35(33)43(9)37(39)17-13-11-15-29-19-23-31(24-20-29)41(5)6)40(3,4)38(44(36)10)18-14-12-16-30-21-25-32(26-22-30)42(7)8/h11-28H,1-10H3/q+2. The van der Waals surface area contributed by atoms with Crippen molar-refractivity contribution in [3.05, 3.63) is 119 Å². The van der Waals surface area contributed by atoms with E-state index in [1.165, 1.54) is 56.4 Å². The second-order valence-electron chi connectivity index (χ2n) is 13.4. The Morgan fingerprint density at radius 3 is 1.14 bits per heavy atom. The van der Waals surface area contributed by atoms with Crippen LogP contribution in [0, 0.1) is 0 Å². The van der Waals surface area contributed by atoms with Crippen LogP contribution in [-0.2, 0) is 10.8 Å². The molecule has 44 heavy (non-hydrogen) atoms. The molecule has 226 valence electrons. The summed E-state index contributed by atoms with van der Waals surface area (Å²) >= 11 is 0. The van der Waals surface area contributed by atoms with Gasteiger partial charge in [0, 0.05) is 75.0 Å². The van der Waals surface area contributed by atoms with Crippen molar-refractivity contribution in [3.8, 4) is 0 Å². The molecule has 0 N–H and O–H groups in total. The van der Waals surface area contributed by atoms with Crippen LogP contribution >= 0.6 is 0 Å². The normalized spacial score (nSPS) is 17.1. The molecular weight excluding hydrogens is 536 g/mol. The van der Waals surface area contributed by atoms with Gasteiger partial charge >= 0.3 is 0 Å². The first-order chi connectivity index (χ1) is 20.8. The van der Waals surface area contributed by atoms with Crippen LogP contribution in [0.5, 0.6) is 0 Å². The summed E-state index contributed by atoms with van der Waals surface area (Å²) in [6.45, 7) is 9.36. The van der Waals surface area contributed by atoms with Gasteiger partial charge in [0.05, 0.1) is 10.8 Å². The third-order valence-electron chi connectivity index (χ3n) is 9.31. The van der Waals surface area contributed by atoms with E-state index < -0.39 is 0 Å². The van der Waals surface area contributed by atoms with Crippen molar-refractivity contribution in [1.29, 1.82) is 0 Å². The molecule has 0 aliphatic carbocycles. The second-order valence-corrected chi connectivity index (χ2v) is 13.4. The van der Waals surface area contributed by atoms with Crippen molar-refractivity contribution < 1.29 is 9.15 Å². The highest BCUT2D eigenvalue weighted by Crippen LogP contribution is 2.48. The Bertz CT molecular complexity index is 1600. The Labute approximate surface area is 265 Å². The van der Waals surface area contributed by atoms with Gasteiger partial charge in [-0.15, -0.1) is 0 Å². The van der Waals surface area contributed by atoms with Gasteiger partial charge in [-0.05, 0) is 63.1 Å². The van der Waals surface area contributed by atoms with E-state index >= 15 is 0 Å². The number of hydrogen-bond donors (Lipinski definition) is 0. The zero-order chi connectivity index (χ0) is 31.8. The van der Waals surface area contributed by atoms with Crippen LogP contribution in [0.3, 0.4) is 0 Å². The van der Waals surface area contributed by atoms with E-state index in [1.54, 1.807) is 0 Å². The predicted octanol–water partition coefficient (Wildman–Crippen LogP) is 8.37. The number of anilines is 2. The molecule has 0 bridgehead atoms. The van der Waals surface area contributed by atoms with Crippen LogP contribution in [0.2, 0.25) is 0 Å². The zero-order valence-corrected chi connectivity index (χ0v) is 28.2. The third kappa shape index (κ3) is 5.74. The predicted molar refractivity (Wildman–Crippen MR) is 192 cm³/mol. The highest BCUT2D eigenvalue weighted by Gasteiger charge is 2.49. The fourth-order valence-corrected chi connectivity index (χ4v) is 6.54. The number of rotatable bonds is 8. The van der Waals surface area contributed by atoms with Crippen LogP contribution in [-0.4, -0.2) is 62.9 Å².